The number of aryl methyl sites for hydroxylation is 1. The van der Waals surface area contributed by atoms with E-state index in [1.807, 2.05) is 0 Å². The van der Waals surface area contributed by atoms with Crippen LogP contribution in [0.25, 0.3) is 11.2 Å². The molecular weight excluding hydrogens is 329 g/mol. The Balaban J connectivity index is 1.82. The molecule has 1 fully saturated rings. The van der Waals surface area contributed by atoms with Crippen LogP contribution < -0.4 is 15.3 Å². The first-order valence-electron chi connectivity index (χ1n) is 6.69. The summed E-state index contributed by atoms with van der Waals surface area (Å²) in [4.78, 5) is 29.3. The van der Waals surface area contributed by atoms with Gasteiger partial charge in [0.1, 0.15) is 17.8 Å². The van der Waals surface area contributed by atoms with Crippen molar-refractivity contribution in [2.75, 3.05) is 6.61 Å². The number of nitrogens with one attached hydrogen (secondary N) is 1. The summed E-state index contributed by atoms with van der Waals surface area (Å²) in [6.45, 7) is -0.555. The zero-order valence-corrected chi connectivity index (χ0v) is 12.9. The Morgan fingerprint density at radius 3 is 2.96 bits per heavy atom. The van der Waals surface area contributed by atoms with Crippen LogP contribution in [0.4, 0.5) is 0 Å². The molecule has 2 aromatic rings. The van der Waals surface area contributed by atoms with E-state index in [2.05, 4.69) is 14.5 Å². The quantitative estimate of drug-likeness (QED) is 0.588. The standard InChI is InChI=1S/C11H16N5O6P/c1-15-4-14-11-9(10(15)12)13-5-16(11)8-2-6(17)7(22-8)3-21-23(18,19)20/h4-8,12,17H,2-3H2,1H3,(H2,18,19,20)/p-2/t6-,7+,8+/m0/s1. The highest BCUT2D eigenvalue weighted by Crippen LogP contribution is 2.33. The summed E-state index contributed by atoms with van der Waals surface area (Å²) in [6.07, 6.45) is 0.434. The average Bonchev–Trinajstić information content (AvgIpc) is 3.04. The number of aliphatic hydroxyl groups excluding tert-OH is 1. The van der Waals surface area contributed by atoms with Gasteiger partial charge in [-0.1, -0.05) is 0 Å². The van der Waals surface area contributed by atoms with E-state index >= 15 is 0 Å². The topological polar surface area (TPSA) is 161 Å². The van der Waals surface area contributed by atoms with Crippen molar-refractivity contribution in [2.24, 2.45) is 7.05 Å². The molecule has 1 saturated heterocycles. The minimum Gasteiger partial charge on any atom is -0.790 e. The molecule has 2 aromatic heterocycles. The normalized spacial score (nSPS) is 25.3. The van der Waals surface area contributed by atoms with Crippen molar-refractivity contribution in [3.05, 3.63) is 18.1 Å². The molecule has 1 aliphatic heterocycles. The lowest BCUT2D eigenvalue weighted by Gasteiger charge is -2.30. The van der Waals surface area contributed by atoms with Gasteiger partial charge in [0, 0.05) is 13.5 Å². The van der Waals surface area contributed by atoms with Gasteiger partial charge in [0.2, 0.25) is 0 Å². The van der Waals surface area contributed by atoms with Gasteiger partial charge in [0.15, 0.2) is 11.1 Å². The van der Waals surface area contributed by atoms with Crippen LogP contribution in [0.1, 0.15) is 12.6 Å². The van der Waals surface area contributed by atoms with Gasteiger partial charge in [0.05, 0.1) is 33.2 Å². The monoisotopic (exact) mass is 343 g/mol. The minimum absolute atomic E-state index is 0.150. The van der Waals surface area contributed by atoms with Crippen LogP contribution in [0, 0.1) is 5.41 Å². The van der Waals surface area contributed by atoms with E-state index in [-0.39, 0.29) is 11.9 Å². The van der Waals surface area contributed by atoms with Crippen LogP contribution in [0.2, 0.25) is 0 Å². The molecule has 0 aromatic carbocycles. The fourth-order valence-corrected chi connectivity index (χ4v) is 2.76. The highest BCUT2D eigenvalue weighted by atomic mass is 31.2. The fraction of sp³-hybridized carbons (Fsp3) is 0.545. The lowest BCUT2D eigenvalue weighted by Crippen LogP contribution is -2.29. The maximum absolute atomic E-state index is 10.5. The Morgan fingerprint density at radius 2 is 2.26 bits per heavy atom. The van der Waals surface area contributed by atoms with Crippen molar-refractivity contribution in [1.82, 2.24) is 19.1 Å². The van der Waals surface area contributed by atoms with Crippen molar-refractivity contribution in [2.45, 2.75) is 24.9 Å². The smallest absolute Gasteiger partial charge is 0.167 e. The molecule has 11 nitrogen and oxygen atoms in total. The summed E-state index contributed by atoms with van der Waals surface area (Å²) < 4.78 is 23.3. The van der Waals surface area contributed by atoms with Crippen LogP contribution in [0.15, 0.2) is 12.7 Å². The van der Waals surface area contributed by atoms with Gasteiger partial charge < -0.3 is 33.3 Å². The predicted octanol–water partition coefficient (Wildman–Crippen LogP) is -2.26. The third-order valence-electron chi connectivity index (χ3n) is 3.61. The molecule has 3 heterocycles. The maximum atomic E-state index is 10.5. The van der Waals surface area contributed by atoms with Crippen LogP contribution >= 0.6 is 7.82 Å². The second-order valence-electron chi connectivity index (χ2n) is 5.20. The molecule has 126 valence electrons. The van der Waals surface area contributed by atoms with Crippen molar-refractivity contribution in [3.63, 3.8) is 0 Å². The number of phosphoric ester groups is 1. The molecule has 0 aliphatic carbocycles. The summed E-state index contributed by atoms with van der Waals surface area (Å²) in [7, 11) is -3.46. The lowest BCUT2D eigenvalue weighted by atomic mass is 10.2. The Labute approximate surface area is 129 Å². The second kappa shape index (κ2) is 5.78. The van der Waals surface area contributed by atoms with Crippen molar-refractivity contribution >= 4 is 19.0 Å². The van der Waals surface area contributed by atoms with Gasteiger partial charge in [0.25, 0.3) is 0 Å². The number of hydrogen-bond acceptors (Lipinski definition) is 9. The van der Waals surface area contributed by atoms with Gasteiger partial charge in [-0.2, -0.15) is 0 Å². The van der Waals surface area contributed by atoms with E-state index in [1.54, 1.807) is 11.6 Å². The summed E-state index contributed by atoms with van der Waals surface area (Å²) in [5.41, 5.74) is 0.951. The number of ether oxygens (including phenoxy) is 1. The SMILES string of the molecule is Cn1cnc2c(ncn2[C@H]2C[C@H](O)[C@@H](COP(=O)([O-])[O-])O2)c1=N. The molecular formula is C11H14N5O6P-2. The van der Waals surface area contributed by atoms with E-state index in [0.717, 1.165) is 0 Å². The summed E-state index contributed by atoms with van der Waals surface area (Å²) in [6, 6.07) is 0. The molecule has 0 spiro atoms. The number of rotatable bonds is 4. The number of nitrogens with zero attached hydrogens (tertiary/aromatic N) is 4. The molecule has 23 heavy (non-hydrogen) atoms. The molecule has 2 N–H and O–H groups in total. The van der Waals surface area contributed by atoms with E-state index in [4.69, 9.17) is 10.1 Å². The molecule has 12 heteroatoms. The Hall–Kier alpha value is -1.62. The summed E-state index contributed by atoms with van der Waals surface area (Å²) in [5.74, 6) is 0. The third kappa shape index (κ3) is 3.20. The largest absolute Gasteiger partial charge is 0.790 e. The van der Waals surface area contributed by atoms with Crippen molar-refractivity contribution in [1.29, 1.82) is 5.41 Å². The molecule has 0 radical (unpaired) electrons. The van der Waals surface area contributed by atoms with Gasteiger partial charge in [-0.15, -0.1) is 0 Å². The van der Waals surface area contributed by atoms with E-state index in [0.29, 0.717) is 11.2 Å². The molecule has 0 bridgehead atoms. The first kappa shape index (κ1) is 16.2. The van der Waals surface area contributed by atoms with Gasteiger partial charge in [-0.05, 0) is 0 Å². The fourth-order valence-electron chi connectivity index (χ4n) is 2.43. The highest BCUT2D eigenvalue weighted by molar-refractivity contribution is 7.43. The second-order valence-corrected chi connectivity index (χ2v) is 6.36. The van der Waals surface area contributed by atoms with Crippen molar-refractivity contribution in [3.8, 4) is 0 Å². The average molecular weight is 343 g/mol. The molecule has 1 aliphatic rings. The Bertz CT molecular complexity index is 828. The van der Waals surface area contributed by atoms with Crippen LogP contribution in [0.3, 0.4) is 0 Å². The predicted molar refractivity (Wildman–Crippen MR) is 70.4 cm³/mol. The number of aliphatic hydroxyl groups is 1. The van der Waals surface area contributed by atoms with E-state index in [9.17, 15) is 19.5 Å². The zero-order valence-electron chi connectivity index (χ0n) is 12.0. The molecule has 3 atom stereocenters. The molecule has 0 unspecified atom stereocenters. The van der Waals surface area contributed by atoms with E-state index < -0.39 is 32.9 Å². The first-order chi connectivity index (χ1) is 10.8. The Kier molecular flexibility index (Phi) is 4.08. The molecule has 0 saturated carbocycles. The molecule has 0 amide bonds. The molecule has 3 rings (SSSR count). The maximum Gasteiger partial charge on any atom is 0.167 e. The van der Waals surface area contributed by atoms with Gasteiger partial charge >= 0.3 is 0 Å². The summed E-state index contributed by atoms with van der Waals surface area (Å²) >= 11 is 0. The zero-order chi connectivity index (χ0) is 16.8. The number of imidazole rings is 1. The van der Waals surface area contributed by atoms with Crippen LogP contribution in [-0.4, -0.2) is 43.0 Å². The summed E-state index contributed by atoms with van der Waals surface area (Å²) in [5, 5.41) is 17.9. The minimum atomic E-state index is -5.13. The van der Waals surface area contributed by atoms with Crippen LogP contribution in [0.5, 0.6) is 0 Å². The first-order valence-corrected chi connectivity index (χ1v) is 8.15. The van der Waals surface area contributed by atoms with Gasteiger partial charge in [-0.3, -0.25) is 9.98 Å². The third-order valence-corrected chi connectivity index (χ3v) is 4.07. The highest BCUT2D eigenvalue weighted by Gasteiger charge is 2.36. The number of phosphoric acid groups is 1. The van der Waals surface area contributed by atoms with Crippen LogP contribution in [-0.2, 0) is 20.9 Å². The van der Waals surface area contributed by atoms with Crippen molar-refractivity contribution < 1.29 is 28.7 Å². The number of fused-ring (bicyclic) bond motifs is 1. The number of hydrogen-bond donors (Lipinski definition) is 2. The van der Waals surface area contributed by atoms with E-state index in [1.165, 1.54) is 17.2 Å². The Morgan fingerprint density at radius 1 is 1.52 bits per heavy atom. The lowest BCUT2D eigenvalue weighted by molar-refractivity contribution is -0.343. The van der Waals surface area contributed by atoms with Gasteiger partial charge in [-0.25, -0.2) is 9.97 Å². The number of aromatic nitrogens is 4.